The van der Waals surface area contributed by atoms with Crippen molar-refractivity contribution in [2.45, 2.75) is 63.5 Å². The van der Waals surface area contributed by atoms with Crippen LogP contribution in [0.1, 0.15) is 55.5 Å². The summed E-state index contributed by atoms with van der Waals surface area (Å²) in [5.41, 5.74) is -1.60. The first-order valence-corrected chi connectivity index (χ1v) is 11.5. The van der Waals surface area contributed by atoms with E-state index in [1.165, 1.54) is 6.07 Å². The summed E-state index contributed by atoms with van der Waals surface area (Å²) in [5, 5.41) is 0. The lowest BCUT2D eigenvalue weighted by Crippen LogP contribution is -2.41. The summed E-state index contributed by atoms with van der Waals surface area (Å²) in [7, 11) is 0. The first-order valence-electron chi connectivity index (χ1n) is 11.5. The minimum Gasteiger partial charge on any atom is -0.486 e. The number of hydrogen-bond donors (Lipinski definition) is 0. The molecule has 3 aliphatic rings. The number of carbonyl (C=O) groups is 1. The summed E-state index contributed by atoms with van der Waals surface area (Å²) in [4.78, 5) is 12.7. The van der Waals surface area contributed by atoms with Gasteiger partial charge in [-0.15, -0.1) is 0 Å². The van der Waals surface area contributed by atoms with Crippen molar-refractivity contribution in [3.63, 3.8) is 0 Å². The maximum Gasteiger partial charge on any atom is 0.419 e. The third-order valence-corrected chi connectivity index (χ3v) is 7.59. The van der Waals surface area contributed by atoms with Gasteiger partial charge < -0.3 is 14.2 Å². The molecule has 2 saturated heterocycles. The van der Waals surface area contributed by atoms with Crippen molar-refractivity contribution < 1.29 is 32.2 Å². The number of halogens is 3. The topological polar surface area (TPSA) is 44.8 Å². The lowest BCUT2D eigenvalue weighted by molar-refractivity contribution is -0.140. The fourth-order valence-corrected chi connectivity index (χ4v) is 5.83. The number of esters is 1. The average molecular weight is 460 g/mol. The van der Waals surface area contributed by atoms with E-state index in [-0.39, 0.29) is 29.4 Å². The second-order valence-corrected chi connectivity index (χ2v) is 9.76. The molecule has 0 N–H and O–H groups in total. The van der Waals surface area contributed by atoms with Gasteiger partial charge in [-0.05, 0) is 73.8 Å². The number of fused-ring (bicyclic) bond motifs is 5. The fourth-order valence-electron chi connectivity index (χ4n) is 5.83. The van der Waals surface area contributed by atoms with Gasteiger partial charge in [0.15, 0.2) is 0 Å². The highest BCUT2D eigenvalue weighted by atomic mass is 19.4. The zero-order chi connectivity index (χ0) is 23.4. The second-order valence-electron chi connectivity index (χ2n) is 9.76. The molecule has 0 spiro atoms. The van der Waals surface area contributed by atoms with Gasteiger partial charge in [-0.1, -0.05) is 32.0 Å². The standard InChI is InChI=1S/C26H27F3O4/c1-15(2)25(13-18-19(14-25)22-11-10-21(18)32-22)33-23-12-16(8-9-20(23)26(27,28)29)24(30)31-17-6-4-3-5-7-17/h3-9,12,15,18-19,21-22H,10-11,13-14H2,1-2H3. The summed E-state index contributed by atoms with van der Waals surface area (Å²) in [5.74, 6) is -0.0930. The van der Waals surface area contributed by atoms with Crippen LogP contribution in [0.4, 0.5) is 13.2 Å². The van der Waals surface area contributed by atoms with Crippen molar-refractivity contribution >= 4 is 5.97 Å². The van der Waals surface area contributed by atoms with E-state index in [1.807, 2.05) is 13.8 Å². The highest BCUT2D eigenvalue weighted by molar-refractivity contribution is 5.91. The van der Waals surface area contributed by atoms with Gasteiger partial charge in [0.25, 0.3) is 0 Å². The van der Waals surface area contributed by atoms with Crippen LogP contribution < -0.4 is 9.47 Å². The second kappa shape index (κ2) is 8.05. The summed E-state index contributed by atoms with van der Waals surface area (Å²) >= 11 is 0. The Hall–Kier alpha value is -2.54. The Morgan fingerprint density at radius 1 is 1.03 bits per heavy atom. The van der Waals surface area contributed by atoms with E-state index < -0.39 is 23.3 Å². The molecule has 4 nitrogen and oxygen atoms in total. The van der Waals surface area contributed by atoms with Crippen LogP contribution in [-0.2, 0) is 10.9 Å². The van der Waals surface area contributed by atoms with Crippen LogP contribution in [0, 0.1) is 17.8 Å². The monoisotopic (exact) mass is 460 g/mol. The Morgan fingerprint density at radius 2 is 1.67 bits per heavy atom. The number of alkyl halides is 3. The maximum absolute atomic E-state index is 13.9. The van der Waals surface area contributed by atoms with Gasteiger partial charge in [0.1, 0.15) is 17.1 Å². The molecule has 4 atom stereocenters. The van der Waals surface area contributed by atoms with Gasteiger partial charge in [0.2, 0.25) is 0 Å². The quantitative estimate of drug-likeness (QED) is 0.389. The molecular weight excluding hydrogens is 433 g/mol. The van der Waals surface area contributed by atoms with E-state index in [0.717, 1.165) is 25.0 Å². The van der Waals surface area contributed by atoms with Crippen molar-refractivity contribution in [3.8, 4) is 11.5 Å². The van der Waals surface area contributed by atoms with Crippen molar-refractivity contribution in [2.24, 2.45) is 17.8 Å². The van der Waals surface area contributed by atoms with Crippen LogP contribution in [0.5, 0.6) is 11.5 Å². The Bertz CT molecular complexity index is 1020. The molecule has 2 bridgehead atoms. The normalized spacial score (nSPS) is 30.5. The zero-order valence-electron chi connectivity index (χ0n) is 18.6. The molecule has 2 heterocycles. The molecule has 2 aliphatic heterocycles. The predicted molar refractivity (Wildman–Crippen MR) is 115 cm³/mol. The molecule has 33 heavy (non-hydrogen) atoms. The van der Waals surface area contributed by atoms with E-state index in [4.69, 9.17) is 14.2 Å². The molecule has 1 aliphatic carbocycles. The van der Waals surface area contributed by atoms with Crippen LogP contribution in [-0.4, -0.2) is 23.8 Å². The number of para-hydroxylation sites is 1. The minimum atomic E-state index is -4.61. The van der Waals surface area contributed by atoms with Gasteiger partial charge in [-0.25, -0.2) is 4.79 Å². The molecule has 0 radical (unpaired) electrons. The molecular formula is C26H27F3O4. The molecule has 5 rings (SSSR count). The van der Waals surface area contributed by atoms with E-state index in [2.05, 4.69) is 0 Å². The summed E-state index contributed by atoms with van der Waals surface area (Å²) in [6.45, 7) is 3.98. The van der Waals surface area contributed by atoms with Crippen LogP contribution in [0.2, 0.25) is 0 Å². The number of benzene rings is 2. The largest absolute Gasteiger partial charge is 0.486 e. The van der Waals surface area contributed by atoms with Crippen molar-refractivity contribution in [3.05, 3.63) is 59.7 Å². The molecule has 0 aromatic heterocycles. The Morgan fingerprint density at radius 3 is 2.24 bits per heavy atom. The third kappa shape index (κ3) is 4.01. The van der Waals surface area contributed by atoms with Crippen LogP contribution in [0.3, 0.4) is 0 Å². The smallest absolute Gasteiger partial charge is 0.419 e. The fraction of sp³-hybridized carbons (Fsp3) is 0.500. The number of rotatable bonds is 5. The average Bonchev–Trinajstić information content (AvgIpc) is 3.46. The van der Waals surface area contributed by atoms with Crippen LogP contribution in [0.25, 0.3) is 0 Å². The highest BCUT2D eigenvalue weighted by Crippen LogP contribution is 2.58. The number of carbonyl (C=O) groups excluding carboxylic acids is 1. The summed E-state index contributed by atoms with van der Waals surface area (Å²) in [6.07, 6.45) is -0.911. The summed E-state index contributed by atoms with van der Waals surface area (Å²) < 4.78 is 59.3. The molecule has 0 amide bonds. The first-order chi connectivity index (χ1) is 15.7. The SMILES string of the molecule is CC(C)C1(Oc2cc(C(=O)Oc3ccccc3)ccc2C(F)(F)F)CC2C3CCC(O3)C2C1. The Labute approximate surface area is 191 Å². The first kappa shape index (κ1) is 22.3. The molecule has 7 heteroatoms. The van der Waals surface area contributed by atoms with E-state index in [1.54, 1.807) is 30.3 Å². The van der Waals surface area contributed by atoms with Crippen molar-refractivity contribution in [1.82, 2.24) is 0 Å². The van der Waals surface area contributed by atoms with Crippen LogP contribution in [0.15, 0.2) is 48.5 Å². The Kier molecular flexibility index (Phi) is 5.43. The number of hydrogen-bond acceptors (Lipinski definition) is 4. The van der Waals surface area contributed by atoms with Gasteiger partial charge >= 0.3 is 12.1 Å². The third-order valence-electron chi connectivity index (χ3n) is 7.59. The molecule has 2 aromatic rings. The number of ether oxygens (including phenoxy) is 3. The van der Waals surface area contributed by atoms with E-state index >= 15 is 0 Å². The highest BCUT2D eigenvalue weighted by Gasteiger charge is 2.60. The van der Waals surface area contributed by atoms with Gasteiger partial charge in [-0.2, -0.15) is 13.2 Å². The minimum absolute atomic E-state index is 0.00325. The zero-order valence-corrected chi connectivity index (χ0v) is 18.6. The maximum atomic E-state index is 13.9. The molecule has 2 aromatic carbocycles. The van der Waals surface area contributed by atoms with Crippen molar-refractivity contribution in [1.29, 1.82) is 0 Å². The van der Waals surface area contributed by atoms with E-state index in [9.17, 15) is 18.0 Å². The predicted octanol–water partition coefficient (Wildman–Crippen LogP) is 6.29. The van der Waals surface area contributed by atoms with Gasteiger partial charge in [-0.3, -0.25) is 0 Å². The Balaban J connectivity index is 1.46. The molecule has 176 valence electrons. The molecule has 3 fully saturated rings. The molecule has 4 unspecified atom stereocenters. The van der Waals surface area contributed by atoms with E-state index in [0.29, 0.717) is 30.4 Å². The summed E-state index contributed by atoms with van der Waals surface area (Å²) in [6, 6.07) is 11.7. The van der Waals surface area contributed by atoms with Crippen LogP contribution >= 0.6 is 0 Å². The van der Waals surface area contributed by atoms with Gasteiger partial charge in [0, 0.05) is 0 Å². The van der Waals surface area contributed by atoms with Gasteiger partial charge in [0.05, 0.1) is 23.3 Å². The lowest BCUT2D eigenvalue weighted by atomic mass is 9.82. The molecule has 1 saturated carbocycles. The van der Waals surface area contributed by atoms with Crippen molar-refractivity contribution in [2.75, 3.05) is 0 Å². The lowest BCUT2D eigenvalue weighted by Gasteiger charge is -2.36.